The maximum atomic E-state index is 9.74. The smallest absolute Gasteiger partial charge is 0.119 e. The van der Waals surface area contributed by atoms with Crippen LogP contribution in [-0.4, -0.2) is 5.11 Å². The molecule has 0 unspecified atom stereocenters. The van der Waals surface area contributed by atoms with Crippen molar-refractivity contribution in [2.75, 3.05) is 0 Å². The molecule has 0 fully saturated rings. The molecule has 16 heavy (non-hydrogen) atoms. The van der Waals surface area contributed by atoms with Crippen LogP contribution >= 0.6 is 0 Å². The molecule has 0 saturated heterocycles. The molecule has 0 aromatic heterocycles. The molecular formula is C15H24O. The predicted molar refractivity (Wildman–Crippen MR) is 73.0 cm³/mol. The highest BCUT2D eigenvalue weighted by Gasteiger charge is 2.09. The molecule has 0 saturated carbocycles. The average Bonchev–Trinajstić information content (AvgIpc) is 2.19. The predicted octanol–water partition coefficient (Wildman–Crippen LogP) is 4.88. The zero-order chi connectivity index (χ0) is 12.9. The minimum absolute atomic E-state index is 0.341. The maximum absolute atomic E-state index is 9.74. The first kappa shape index (κ1) is 14.8. The van der Waals surface area contributed by atoms with Crippen molar-refractivity contribution < 1.29 is 5.11 Å². The molecule has 1 rings (SSSR count). The number of allylic oxidation sites excluding steroid dienone is 1. The highest BCUT2D eigenvalue weighted by atomic mass is 16.3. The van der Waals surface area contributed by atoms with Gasteiger partial charge in [0, 0.05) is 0 Å². The number of phenols is 1. The Balaban J connectivity index is 0.00000106. The zero-order valence-corrected chi connectivity index (χ0v) is 11.4. The van der Waals surface area contributed by atoms with Gasteiger partial charge in [-0.05, 0) is 48.6 Å². The fourth-order valence-corrected chi connectivity index (χ4v) is 1.63. The Kier molecular flexibility index (Phi) is 5.87. The van der Waals surface area contributed by atoms with E-state index in [-0.39, 0.29) is 0 Å². The van der Waals surface area contributed by atoms with E-state index in [0.29, 0.717) is 11.7 Å². The Morgan fingerprint density at radius 2 is 1.75 bits per heavy atom. The van der Waals surface area contributed by atoms with Crippen LogP contribution in [0.2, 0.25) is 0 Å². The summed E-state index contributed by atoms with van der Waals surface area (Å²) in [6.07, 6.45) is 0. The Morgan fingerprint density at radius 1 is 1.25 bits per heavy atom. The number of rotatable bonds is 2. The summed E-state index contributed by atoms with van der Waals surface area (Å²) in [6.45, 7) is 16.1. The topological polar surface area (TPSA) is 20.2 Å². The van der Waals surface area contributed by atoms with Crippen LogP contribution in [0, 0.1) is 6.92 Å². The molecule has 0 aliphatic heterocycles. The molecule has 1 heteroatoms. The molecule has 0 spiro atoms. The third-order valence-electron chi connectivity index (χ3n) is 2.46. The van der Waals surface area contributed by atoms with E-state index in [4.69, 9.17) is 0 Å². The van der Waals surface area contributed by atoms with Crippen LogP contribution in [-0.2, 0) is 0 Å². The molecule has 90 valence electrons. The van der Waals surface area contributed by atoms with Crippen molar-refractivity contribution >= 4 is 5.57 Å². The monoisotopic (exact) mass is 220 g/mol. The lowest BCUT2D eigenvalue weighted by atomic mass is 9.94. The fraction of sp³-hybridized carbons (Fsp3) is 0.467. The number of aromatic hydroxyl groups is 1. The van der Waals surface area contributed by atoms with Crippen molar-refractivity contribution in [1.82, 2.24) is 0 Å². The van der Waals surface area contributed by atoms with E-state index in [1.165, 1.54) is 0 Å². The first-order valence-corrected chi connectivity index (χ1v) is 5.93. The molecule has 0 aliphatic carbocycles. The SMILES string of the molecule is C=C(C)c1cc(C(C)C)c(O)cc1C.CC. The molecule has 1 aromatic carbocycles. The Labute approximate surface area is 99.8 Å². The Bertz CT molecular complexity index is 362. The molecule has 0 bridgehead atoms. The zero-order valence-electron chi connectivity index (χ0n) is 11.4. The van der Waals surface area contributed by atoms with E-state index in [1.807, 2.05) is 39.8 Å². The van der Waals surface area contributed by atoms with E-state index in [2.05, 4.69) is 20.4 Å². The quantitative estimate of drug-likeness (QED) is 0.752. The van der Waals surface area contributed by atoms with Gasteiger partial charge in [-0.15, -0.1) is 0 Å². The summed E-state index contributed by atoms with van der Waals surface area (Å²) in [7, 11) is 0. The summed E-state index contributed by atoms with van der Waals surface area (Å²) in [5.74, 6) is 0.733. The van der Waals surface area contributed by atoms with Gasteiger partial charge in [-0.1, -0.05) is 39.8 Å². The molecule has 0 amide bonds. The normalized spacial score (nSPS) is 9.69. The van der Waals surface area contributed by atoms with E-state index < -0.39 is 0 Å². The highest BCUT2D eigenvalue weighted by Crippen LogP contribution is 2.30. The van der Waals surface area contributed by atoms with Gasteiger partial charge in [0.05, 0.1) is 0 Å². The third kappa shape index (κ3) is 3.41. The van der Waals surface area contributed by atoms with Gasteiger partial charge >= 0.3 is 0 Å². The van der Waals surface area contributed by atoms with Crippen LogP contribution in [0.3, 0.4) is 0 Å². The molecule has 0 heterocycles. The van der Waals surface area contributed by atoms with Crippen molar-refractivity contribution in [2.24, 2.45) is 0 Å². The maximum Gasteiger partial charge on any atom is 0.119 e. The summed E-state index contributed by atoms with van der Waals surface area (Å²) in [5, 5.41) is 9.74. The van der Waals surface area contributed by atoms with Crippen LogP contribution in [0.25, 0.3) is 5.57 Å². The Morgan fingerprint density at radius 3 is 2.12 bits per heavy atom. The van der Waals surface area contributed by atoms with Crippen LogP contribution in [0.4, 0.5) is 0 Å². The summed E-state index contributed by atoms with van der Waals surface area (Å²) in [6, 6.07) is 3.86. The average molecular weight is 220 g/mol. The highest BCUT2D eigenvalue weighted by molar-refractivity contribution is 5.66. The van der Waals surface area contributed by atoms with E-state index in [9.17, 15) is 5.11 Å². The van der Waals surface area contributed by atoms with E-state index >= 15 is 0 Å². The molecule has 1 N–H and O–H groups in total. The number of benzene rings is 1. The standard InChI is InChI=1S/C13H18O.C2H6/c1-8(2)11-7-12(9(3)4)13(14)6-10(11)5;1-2/h6-7,9,14H,1H2,2-5H3;1-2H3. The van der Waals surface area contributed by atoms with E-state index in [0.717, 1.165) is 22.3 Å². The van der Waals surface area contributed by atoms with Crippen LogP contribution in [0.1, 0.15) is 57.2 Å². The number of hydrogen-bond acceptors (Lipinski definition) is 1. The molecule has 1 aromatic rings. The molecular weight excluding hydrogens is 196 g/mol. The van der Waals surface area contributed by atoms with Crippen molar-refractivity contribution in [1.29, 1.82) is 0 Å². The Hall–Kier alpha value is -1.24. The second-order valence-corrected chi connectivity index (χ2v) is 4.16. The van der Waals surface area contributed by atoms with Gasteiger partial charge in [-0.2, -0.15) is 0 Å². The van der Waals surface area contributed by atoms with Gasteiger partial charge in [0.15, 0.2) is 0 Å². The molecule has 1 nitrogen and oxygen atoms in total. The number of phenolic OH excluding ortho intramolecular Hbond substituents is 1. The summed E-state index contributed by atoms with van der Waals surface area (Å²) >= 11 is 0. The first-order chi connectivity index (χ1) is 7.43. The minimum Gasteiger partial charge on any atom is -0.508 e. The van der Waals surface area contributed by atoms with Crippen LogP contribution in [0.5, 0.6) is 5.75 Å². The summed E-state index contributed by atoms with van der Waals surface area (Å²) in [5.41, 5.74) is 4.27. The lowest BCUT2D eigenvalue weighted by molar-refractivity contribution is 0.464. The third-order valence-corrected chi connectivity index (χ3v) is 2.46. The van der Waals surface area contributed by atoms with E-state index in [1.54, 1.807) is 0 Å². The fourth-order valence-electron chi connectivity index (χ4n) is 1.63. The van der Waals surface area contributed by atoms with Gasteiger partial charge in [0.25, 0.3) is 0 Å². The lowest BCUT2D eigenvalue weighted by Crippen LogP contribution is -1.93. The lowest BCUT2D eigenvalue weighted by Gasteiger charge is -2.13. The summed E-state index contributed by atoms with van der Waals surface area (Å²) < 4.78 is 0. The second kappa shape index (κ2) is 6.37. The first-order valence-electron chi connectivity index (χ1n) is 5.93. The molecule has 0 atom stereocenters. The van der Waals surface area contributed by atoms with Crippen molar-refractivity contribution in [2.45, 2.75) is 47.5 Å². The largest absolute Gasteiger partial charge is 0.508 e. The van der Waals surface area contributed by atoms with Crippen molar-refractivity contribution in [3.8, 4) is 5.75 Å². The minimum atomic E-state index is 0.341. The van der Waals surface area contributed by atoms with Crippen molar-refractivity contribution in [3.63, 3.8) is 0 Å². The van der Waals surface area contributed by atoms with Crippen LogP contribution in [0.15, 0.2) is 18.7 Å². The molecule has 0 aliphatic rings. The van der Waals surface area contributed by atoms with Gasteiger partial charge < -0.3 is 5.11 Å². The second-order valence-electron chi connectivity index (χ2n) is 4.16. The van der Waals surface area contributed by atoms with Gasteiger partial charge in [0.1, 0.15) is 5.75 Å². The van der Waals surface area contributed by atoms with Gasteiger partial charge in [0.2, 0.25) is 0 Å². The van der Waals surface area contributed by atoms with Gasteiger partial charge in [-0.3, -0.25) is 0 Å². The van der Waals surface area contributed by atoms with Gasteiger partial charge in [-0.25, -0.2) is 0 Å². The van der Waals surface area contributed by atoms with Crippen LogP contribution < -0.4 is 0 Å². The number of hydrogen-bond donors (Lipinski definition) is 1. The molecule has 0 radical (unpaired) electrons. The van der Waals surface area contributed by atoms with Crippen molar-refractivity contribution in [3.05, 3.63) is 35.4 Å². The summed E-state index contributed by atoms with van der Waals surface area (Å²) in [4.78, 5) is 0. The number of aryl methyl sites for hydroxylation is 1.